The zero-order valence-electron chi connectivity index (χ0n) is 16.6. The molecule has 3 N–H and O–H groups in total. The van der Waals surface area contributed by atoms with Gasteiger partial charge in [0.1, 0.15) is 5.75 Å². The number of ether oxygens (including phenoxy) is 1. The van der Waals surface area contributed by atoms with Crippen LogP contribution < -0.4 is 20.6 Å². The van der Waals surface area contributed by atoms with Gasteiger partial charge >= 0.3 is 5.69 Å². The summed E-state index contributed by atoms with van der Waals surface area (Å²) in [5.74, 6) is 0.791. The molecule has 4 rings (SSSR count). The number of benzene rings is 2. The summed E-state index contributed by atoms with van der Waals surface area (Å²) in [4.78, 5) is 34.0. The standard InChI is InChI=1S/C21H25N5O3/c1-14(20(27)22-15-3-8-18-19(13-15)24-21(28)23-18)25-9-11-26(12-10-25)16-4-6-17(29-2)7-5-16/h3-8,13-14H,9-12H2,1-2H3,(H,22,27)(H2,23,24,28)/t14-/m1/s1. The van der Waals surface area contributed by atoms with Gasteiger partial charge in [-0.2, -0.15) is 0 Å². The molecule has 1 aromatic heterocycles. The van der Waals surface area contributed by atoms with E-state index in [1.165, 1.54) is 0 Å². The lowest BCUT2D eigenvalue weighted by molar-refractivity contribution is -0.120. The minimum absolute atomic E-state index is 0.0554. The van der Waals surface area contributed by atoms with Gasteiger partial charge in [0.15, 0.2) is 0 Å². The summed E-state index contributed by atoms with van der Waals surface area (Å²) >= 11 is 0. The molecule has 0 saturated carbocycles. The van der Waals surface area contributed by atoms with Gasteiger partial charge in [-0.1, -0.05) is 0 Å². The molecule has 8 heteroatoms. The molecule has 29 heavy (non-hydrogen) atoms. The quantitative estimate of drug-likeness (QED) is 0.615. The molecule has 0 unspecified atom stereocenters. The topological polar surface area (TPSA) is 93.5 Å². The number of amides is 1. The minimum Gasteiger partial charge on any atom is -0.497 e. The van der Waals surface area contributed by atoms with Crippen LogP contribution in [0.1, 0.15) is 6.92 Å². The molecule has 1 amide bonds. The number of piperazine rings is 1. The lowest BCUT2D eigenvalue weighted by Gasteiger charge is -2.38. The van der Waals surface area contributed by atoms with E-state index < -0.39 is 0 Å². The summed E-state index contributed by atoms with van der Waals surface area (Å²) in [5.41, 5.74) is 2.97. The van der Waals surface area contributed by atoms with E-state index in [9.17, 15) is 9.59 Å². The number of hydrogen-bond donors (Lipinski definition) is 3. The number of carbonyl (C=O) groups is 1. The van der Waals surface area contributed by atoms with E-state index in [4.69, 9.17) is 4.74 Å². The molecule has 0 spiro atoms. The number of rotatable bonds is 5. The molecule has 0 bridgehead atoms. The Morgan fingerprint density at radius 1 is 1.03 bits per heavy atom. The van der Waals surface area contributed by atoms with E-state index in [1.54, 1.807) is 25.3 Å². The normalized spacial score (nSPS) is 16.0. The van der Waals surface area contributed by atoms with Crippen LogP contribution in [0.25, 0.3) is 11.0 Å². The van der Waals surface area contributed by atoms with Crippen LogP contribution in [0.15, 0.2) is 47.3 Å². The van der Waals surface area contributed by atoms with Crippen LogP contribution in [0.4, 0.5) is 11.4 Å². The molecular formula is C21H25N5O3. The summed E-state index contributed by atoms with van der Waals surface area (Å²) in [6, 6.07) is 13.1. The zero-order valence-corrected chi connectivity index (χ0v) is 16.6. The predicted octanol–water partition coefficient (Wildman–Crippen LogP) is 2.01. The van der Waals surface area contributed by atoms with Gasteiger partial charge in [0, 0.05) is 37.6 Å². The number of nitrogens with zero attached hydrogens (tertiary/aromatic N) is 2. The second kappa shape index (κ2) is 8.00. The number of aromatic nitrogens is 2. The number of H-pyrrole nitrogens is 2. The van der Waals surface area contributed by atoms with Crippen LogP contribution in [0, 0.1) is 0 Å². The van der Waals surface area contributed by atoms with Crippen molar-refractivity contribution in [3.05, 3.63) is 52.9 Å². The Morgan fingerprint density at radius 2 is 1.72 bits per heavy atom. The molecule has 3 aromatic rings. The van der Waals surface area contributed by atoms with Gasteiger partial charge in [-0.3, -0.25) is 9.69 Å². The minimum atomic E-state index is -0.258. The number of carbonyl (C=O) groups excluding carboxylic acids is 1. The van der Waals surface area contributed by atoms with Gasteiger partial charge in [0.05, 0.1) is 24.2 Å². The van der Waals surface area contributed by atoms with E-state index in [0.29, 0.717) is 11.2 Å². The lowest BCUT2D eigenvalue weighted by atomic mass is 10.2. The molecule has 0 radical (unpaired) electrons. The fraction of sp³-hybridized carbons (Fsp3) is 0.333. The van der Waals surface area contributed by atoms with E-state index in [0.717, 1.165) is 43.1 Å². The van der Waals surface area contributed by atoms with E-state index >= 15 is 0 Å². The maximum Gasteiger partial charge on any atom is 0.323 e. The zero-order chi connectivity index (χ0) is 20.4. The Morgan fingerprint density at radius 3 is 2.41 bits per heavy atom. The van der Waals surface area contributed by atoms with Crippen LogP contribution in [0.3, 0.4) is 0 Å². The second-order valence-electron chi connectivity index (χ2n) is 7.23. The number of nitrogens with one attached hydrogen (secondary N) is 3. The molecule has 1 fully saturated rings. The molecule has 152 valence electrons. The number of aromatic amines is 2. The van der Waals surface area contributed by atoms with Crippen LogP contribution >= 0.6 is 0 Å². The number of fused-ring (bicyclic) bond motifs is 1. The first-order valence-corrected chi connectivity index (χ1v) is 9.69. The highest BCUT2D eigenvalue weighted by atomic mass is 16.5. The van der Waals surface area contributed by atoms with Crippen molar-refractivity contribution in [1.82, 2.24) is 14.9 Å². The monoisotopic (exact) mass is 395 g/mol. The third-order valence-electron chi connectivity index (χ3n) is 5.46. The molecule has 1 aliphatic rings. The first kappa shape index (κ1) is 19.1. The Hall–Kier alpha value is -3.26. The highest BCUT2D eigenvalue weighted by Gasteiger charge is 2.25. The van der Waals surface area contributed by atoms with Crippen LogP contribution in [0.5, 0.6) is 5.75 Å². The van der Waals surface area contributed by atoms with Gasteiger partial charge in [0.2, 0.25) is 5.91 Å². The molecular weight excluding hydrogens is 370 g/mol. The summed E-state index contributed by atoms with van der Waals surface area (Å²) in [7, 11) is 1.66. The van der Waals surface area contributed by atoms with Gasteiger partial charge in [-0.25, -0.2) is 4.79 Å². The average Bonchev–Trinajstić information content (AvgIpc) is 3.12. The largest absolute Gasteiger partial charge is 0.497 e. The van der Waals surface area contributed by atoms with Gasteiger partial charge in [-0.05, 0) is 49.4 Å². The predicted molar refractivity (Wildman–Crippen MR) is 114 cm³/mol. The summed E-state index contributed by atoms with van der Waals surface area (Å²) < 4.78 is 5.21. The number of hydrogen-bond acceptors (Lipinski definition) is 5. The Bertz CT molecular complexity index is 1050. The first-order chi connectivity index (χ1) is 14.0. The van der Waals surface area contributed by atoms with Crippen LogP contribution in [-0.4, -0.2) is 60.1 Å². The van der Waals surface area contributed by atoms with Gasteiger partial charge in [-0.15, -0.1) is 0 Å². The fourth-order valence-electron chi connectivity index (χ4n) is 3.68. The van der Waals surface area contributed by atoms with Crippen molar-refractivity contribution in [3.8, 4) is 5.75 Å². The molecule has 1 saturated heterocycles. The SMILES string of the molecule is COc1ccc(N2CCN([C@H](C)C(=O)Nc3ccc4[nH]c(=O)[nH]c4c3)CC2)cc1. The highest BCUT2D eigenvalue weighted by Crippen LogP contribution is 2.21. The lowest BCUT2D eigenvalue weighted by Crippen LogP contribution is -2.52. The number of imidazole rings is 1. The third-order valence-corrected chi connectivity index (χ3v) is 5.46. The molecule has 2 heterocycles. The van der Waals surface area contributed by atoms with Crippen molar-refractivity contribution in [2.45, 2.75) is 13.0 Å². The second-order valence-corrected chi connectivity index (χ2v) is 7.23. The maximum atomic E-state index is 12.7. The van der Waals surface area contributed by atoms with Crippen molar-refractivity contribution in [2.24, 2.45) is 0 Å². The van der Waals surface area contributed by atoms with Crippen molar-refractivity contribution >= 4 is 28.3 Å². The summed E-state index contributed by atoms with van der Waals surface area (Å²) in [5, 5.41) is 2.95. The number of methoxy groups -OCH3 is 1. The van der Waals surface area contributed by atoms with Crippen molar-refractivity contribution in [3.63, 3.8) is 0 Å². The Balaban J connectivity index is 1.34. The first-order valence-electron chi connectivity index (χ1n) is 9.69. The van der Waals surface area contributed by atoms with E-state index in [2.05, 4.69) is 37.2 Å². The molecule has 8 nitrogen and oxygen atoms in total. The number of anilines is 2. The van der Waals surface area contributed by atoms with Crippen LogP contribution in [0.2, 0.25) is 0 Å². The van der Waals surface area contributed by atoms with E-state index in [-0.39, 0.29) is 17.6 Å². The summed E-state index contributed by atoms with van der Waals surface area (Å²) in [6.07, 6.45) is 0. The van der Waals surface area contributed by atoms with E-state index in [1.807, 2.05) is 19.1 Å². The Labute approximate surface area is 168 Å². The van der Waals surface area contributed by atoms with Crippen molar-refractivity contribution in [1.29, 1.82) is 0 Å². The summed E-state index contributed by atoms with van der Waals surface area (Å²) in [6.45, 7) is 5.27. The van der Waals surface area contributed by atoms with Crippen molar-refractivity contribution in [2.75, 3.05) is 43.5 Å². The van der Waals surface area contributed by atoms with Crippen LogP contribution in [-0.2, 0) is 4.79 Å². The molecule has 2 aromatic carbocycles. The fourth-order valence-corrected chi connectivity index (χ4v) is 3.68. The Kier molecular flexibility index (Phi) is 5.26. The third kappa shape index (κ3) is 4.12. The highest BCUT2D eigenvalue weighted by molar-refractivity contribution is 5.96. The van der Waals surface area contributed by atoms with Gasteiger partial charge < -0.3 is 24.9 Å². The smallest absolute Gasteiger partial charge is 0.323 e. The molecule has 1 atom stereocenters. The van der Waals surface area contributed by atoms with Gasteiger partial charge in [0.25, 0.3) is 0 Å². The molecule has 0 aliphatic carbocycles. The van der Waals surface area contributed by atoms with Crippen molar-refractivity contribution < 1.29 is 9.53 Å². The molecule has 1 aliphatic heterocycles. The maximum absolute atomic E-state index is 12.7. The average molecular weight is 395 g/mol.